The fourth-order valence-electron chi connectivity index (χ4n) is 3.35. The van der Waals surface area contributed by atoms with E-state index in [0.717, 1.165) is 16.7 Å². The van der Waals surface area contributed by atoms with Crippen LogP contribution in [0.5, 0.6) is 11.5 Å². The molecule has 2 aliphatic rings. The zero-order valence-corrected chi connectivity index (χ0v) is 18.1. The third kappa shape index (κ3) is 3.82. The first kappa shape index (κ1) is 20.5. The largest absolute Gasteiger partial charge is 0.454 e. The number of fused-ring (bicyclic) bond motifs is 2. The SMILES string of the molecule is O=C(NCCN1C(=O)S/C(=C\c2ccc3c(c2)OCO3)C1=O)c1cc2c(F)cccc2s1. The summed E-state index contributed by atoms with van der Waals surface area (Å²) < 4.78 is 25.1. The molecule has 7 nitrogen and oxygen atoms in total. The van der Waals surface area contributed by atoms with Crippen molar-refractivity contribution in [2.75, 3.05) is 19.9 Å². The van der Waals surface area contributed by atoms with Crippen LogP contribution in [0.3, 0.4) is 0 Å². The molecule has 3 amide bonds. The summed E-state index contributed by atoms with van der Waals surface area (Å²) in [6.07, 6.45) is 1.62. The van der Waals surface area contributed by atoms with Crippen LogP contribution in [0.4, 0.5) is 9.18 Å². The summed E-state index contributed by atoms with van der Waals surface area (Å²) in [4.78, 5) is 39.1. The molecule has 0 saturated carbocycles. The zero-order chi connectivity index (χ0) is 22.2. The van der Waals surface area contributed by atoms with Gasteiger partial charge >= 0.3 is 0 Å². The van der Waals surface area contributed by atoms with Crippen molar-refractivity contribution in [3.8, 4) is 11.5 Å². The van der Waals surface area contributed by atoms with Crippen molar-refractivity contribution in [3.05, 3.63) is 63.6 Å². The molecule has 0 spiro atoms. The standard InChI is InChI=1S/C22H15FN2O5S2/c23-14-2-1-3-17-13(14)10-18(31-17)20(26)24-6-7-25-21(27)19(32-22(25)28)9-12-4-5-15-16(8-12)30-11-29-15/h1-5,8-10H,6-7,11H2,(H,24,26)/b19-9-. The quantitative estimate of drug-likeness (QED) is 0.562. The van der Waals surface area contributed by atoms with Crippen LogP contribution in [0.2, 0.25) is 0 Å². The maximum Gasteiger partial charge on any atom is 0.293 e. The van der Waals surface area contributed by atoms with E-state index in [1.807, 2.05) is 0 Å². The molecule has 162 valence electrons. The molecule has 5 rings (SSSR count). The Morgan fingerprint density at radius 2 is 2.00 bits per heavy atom. The van der Waals surface area contributed by atoms with Gasteiger partial charge in [-0.05, 0) is 53.7 Å². The Bertz CT molecular complexity index is 1300. The normalized spacial score (nSPS) is 16.4. The summed E-state index contributed by atoms with van der Waals surface area (Å²) in [7, 11) is 0. The van der Waals surface area contributed by atoms with Crippen LogP contribution in [-0.4, -0.2) is 41.8 Å². The highest BCUT2D eigenvalue weighted by Gasteiger charge is 2.34. The molecule has 32 heavy (non-hydrogen) atoms. The minimum Gasteiger partial charge on any atom is -0.454 e. The molecule has 0 unspecified atom stereocenters. The number of hydrogen-bond acceptors (Lipinski definition) is 7. The number of hydrogen-bond donors (Lipinski definition) is 1. The minimum atomic E-state index is -0.421. The molecule has 0 radical (unpaired) electrons. The van der Waals surface area contributed by atoms with Gasteiger partial charge < -0.3 is 14.8 Å². The molecule has 1 aromatic heterocycles. The number of benzene rings is 2. The molecular formula is C22H15FN2O5S2. The van der Waals surface area contributed by atoms with Gasteiger partial charge in [0, 0.05) is 23.2 Å². The van der Waals surface area contributed by atoms with Gasteiger partial charge in [-0.25, -0.2) is 4.39 Å². The van der Waals surface area contributed by atoms with Gasteiger partial charge in [-0.1, -0.05) is 12.1 Å². The van der Waals surface area contributed by atoms with Gasteiger partial charge in [0.05, 0.1) is 9.78 Å². The zero-order valence-electron chi connectivity index (χ0n) is 16.4. The Morgan fingerprint density at radius 1 is 1.16 bits per heavy atom. The number of imide groups is 1. The summed E-state index contributed by atoms with van der Waals surface area (Å²) in [5.74, 6) is 0.0309. The Morgan fingerprint density at radius 3 is 2.84 bits per heavy atom. The number of thiophene rings is 1. The monoisotopic (exact) mass is 470 g/mol. The average Bonchev–Trinajstić information content (AvgIpc) is 3.48. The van der Waals surface area contributed by atoms with Crippen molar-refractivity contribution >= 4 is 56.3 Å². The summed E-state index contributed by atoms with van der Waals surface area (Å²) in [5, 5.41) is 2.67. The van der Waals surface area contributed by atoms with Crippen LogP contribution in [0.1, 0.15) is 15.2 Å². The van der Waals surface area contributed by atoms with Gasteiger partial charge in [0.15, 0.2) is 11.5 Å². The van der Waals surface area contributed by atoms with Crippen LogP contribution in [0, 0.1) is 5.82 Å². The maximum absolute atomic E-state index is 13.8. The van der Waals surface area contributed by atoms with Crippen molar-refractivity contribution in [2.45, 2.75) is 0 Å². The Hall–Kier alpha value is -3.37. The molecule has 1 fully saturated rings. The van der Waals surface area contributed by atoms with Gasteiger partial charge in [0.2, 0.25) is 6.79 Å². The molecule has 10 heteroatoms. The van der Waals surface area contributed by atoms with E-state index in [1.54, 1.807) is 36.4 Å². The van der Waals surface area contributed by atoms with E-state index in [9.17, 15) is 18.8 Å². The van der Waals surface area contributed by atoms with Crippen LogP contribution >= 0.6 is 23.1 Å². The Labute approximate surface area is 189 Å². The maximum atomic E-state index is 13.8. The second-order valence-electron chi connectivity index (χ2n) is 6.96. The highest BCUT2D eigenvalue weighted by molar-refractivity contribution is 8.18. The average molecular weight is 471 g/mol. The number of nitrogens with zero attached hydrogens (tertiary/aromatic N) is 1. The lowest BCUT2D eigenvalue weighted by Crippen LogP contribution is -2.37. The van der Waals surface area contributed by atoms with E-state index in [0.29, 0.717) is 36.9 Å². The van der Waals surface area contributed by atoms with Crippen molar-refractivity contribution in [2.24, 2.45) is 0 Å². The van der Waals surface area contributed by atoms with Crippen LogP contribution < -0.4 is 14.8 Å². The fraction of sp³-hybridized carbons (Fsp3) is 0.136. The predicted molar refractivity (Wildman–Crippen MR) is 119 cm³/mol. The molecule has 1 N–H and O–H groups in total. The van der Waals surface area contributed by atoms with Gasteiger partial charge in [0.1, 0.15) is 5.82 Å². The lowest BCUT2D eigenvalue weighted by molar-refractivity contribution is -0.122. The van der Waals surface area contributed by atoms with Crippen LogP contribution in [-0.2, 0) is 4.79 Å². The number of amides is 3. The molecule has 3 aromatic rings. The molecule has 0 atom stereocenters. The predicted octanol–water partition coefficient (Wildman–Crippen LogP) is 4.24. The highest BCUT2D eigenvalue weighted by atomic mass is 32.2. The minimum absolute atomic E-state index is 0.0359. The molecule has 1 saturated heterocycles. The fourth-order valence-corrected chi connectivity index (χ4v) is 5.21. The van der Waals surface area contributed by atoms with Crippen molar-refractivity contribution in [1.82, 2.24) is 10.2 Å². The third-order valence-corrected chi connectivity index (χ3v) is 6.93. The number of rotatable bonds is 5. The first-order valence-corrected chi connectivity index (χ1v) is 11.2. The second-order valence-corrected chi connectivity index (χ2v) is 9.04. The van der Waals surface area contributed by atoms with Gasteiger partial charge in [-0.3, -0.25) is 19.3 Å². The molecule has 0 bridgehead atoms. The molecular weight excluding hydrogens is 455 g/mol. The number of halogens is 1. The van der Waals surface area contributed by atoms with Crippen molar-refractivity contribution in [1.29, 1.82) is 0 Å². The number of thioether (sulfide) groups is 1. The first-order valence-electron chi connectivity index (χ1n) is 9.61. The smallest absolute Gasteiger partial charge is 0.293 e. The first-order chi connectivity index (χ1) is 15.5. The summed E-state index contributed by atoms with van der Waals surface area (Å²) >= 11 is 2.03. The molecule has 0 aliphatic carbocycles. The molecule has 3 heterocycles. The van der Waals surface area contributed by atoms with E-state index in [-0.39, 0.29) is 31.6 Å². The molecule has 2 aliphatic heterocycles. The van der Waals surface area contributed by atoms with Crippen LogP contribution in [0.15, 0.2) is 47.4 Å². The van der Waals surface area contributed by atoms with E-state index in [4.69, 9.17) is 9.47 Å². The van der Waals surface area contributed by atoms with E-state index < -0.39 is 11.1 Å². The van der Waals surface area contributed by atoms with Gasteiger partial charge in [0.25, 0.3) is 17.1 Å². The van der Waals surface area contributed by atoms with Gasteiger partial charge in [-0.15, -0.1) is 11.3 Å². The lowest BCUT2D eigenvalue weighted by atomic mass is 10.2. The topological polar surface area (TPSA) is 84.9 Å². The highest BCUT2D eigenvalue weighted by Crippen LogP contribution is 2.36. The second kappa shape index (κ2) is 8.29. The Kier molecular flexibility index (Phi) is 5.32. The molecule has 2 aromatic carbocycles. The third-order valence-electron chi connectivity index (χ3n) is 4.92. The van der Waals surface area contributed by atoms with E-state index in [1.165, 1.54) is 23.5 Å². The summed E-state index contributed by atoms with van der Waals surface area (Å²) in [6, 6.07) is 11.4. The summed E-state index contributed by atoms with van der Waals surface area (Å²) in [5.41, 5.74) is 0.713. The van der Waals surface area contributed by atoms with Crippen molar-refractivity contribution < 1.29 is 28.2 Å². The number of ether oxygens (including phenoxy) is 2. The van der Waals surface area contributed by atoms with Crippen LogP contribution in [0.25, 0.3) is 16.2 Å². The van der Waals surface area contributed by atoms with E-state index >= 15 is 0 Å². The summed E-state index contributed by atoms with van der Waals surface area (Å²) in [6.45, 7) is 0.274. The van der Waals surface area contributed by atoms with Gasteiger partial charge in [-0.2, -0.15) is 0 Å². The van der Waals surface area contributed by atoms with Crippen molar-refractivity contribution in [3.63, 3.8) is 0 Å². The van der Waals surface area contributed by atoms with E-state index in [2.05, 4.69) is 5.32 Å². The number of carbonyl (C=O) groups excluding carboxylic acids is 3. The number of nitrogens with one attached hydrogen (secondary N) is 1. The lowest BCUT2D eigenvalue weighted by Gasteiger charge is -2.12. The number of carbonyl (C=O) groups is 3. The Balaban J connectivity index is 1.22.